The number of nitrogens with one attached hydrogen (secondary N) is 1. The zero-order valence-electron chi connectivity index (χ0n) is 9.85. The molecule has 0 bridgehead atoms. The highest BCUT2D eigenvalue weighted by Gasteiger charge is 2.12. The monoisotopic (exact) mass is 281 g/mol. The summed E-state index contributed by atoms with van der Waals surface area (Å²) in [7, 11) is 1.38. The van der Waals surface area contributed by atoms with Crippen molar-refractivity contribution >= 4 is 23.2 Å². The molecule has 0 aliphatic carbocycles. The maximum Gasteiger partial charge on any atom is 0.276 e. The number of carbonyl (C=O) groups is 1. The lowest BCUT2D eigenvalue weighted by Gasteiger charge is -2.09. The van der Waals surface area contributed by atoms with Crippen LogP contribution < -0.4 is 10.1 Å². The van der Waals surface area contributed by atoms with Gasteiger partial charge in [0.25, 0.3) is 5.91 Å². The molecule has 2 rings (SSSR count). The van der Waals surface area contributed by atoms with Gasteiger partial charge in [0.1, 0.15) is 22.4 Å². The minimum absolute atomic E-state index is 0.0545. The van der Waals surface area contributed by atoms with Crippen LogP contribution in [0.5, 0.6) is 5.75 Å². The summed E-state index contributed by atoms with van der Waals surface area (Å²) in [6.07, 6.45) is 2.59. The first-order valence-electron chi connectivity index (χ1n) is 5.22. The fourth-order valence-corrected chi connectivity index (χ4v) is 1.55. The fraction of sp³-hybridized carbons (Fsp3) is 0.0833. The van der Waals surface area contributed by atoms with Gasteiger partial charge in [0.2, 0.25) is 0 Å². The molecular formula is C12H9ClFN3O2. The molecule has 1 aromatic carbocycles. The van der Waals surface area contributed by atoms with Crippen molar-refractivity contribution in [3.05, 3.63) is 47.3 Å². The number of ether oxygens (including phenoxy) is 1. The minimum Gasteiger partial charge on any atom is -0.494 e. The maximum atomic E-state index is 13.0. The Bertz CT molecular complexity index is 622. The Morgan fingerprint density at radius 3 is 2.89 bits per heavy atom. The molecule has 0 aliphatic heterocycles. The lowest BCUT2D eigenvalue weighted by molar-refractivity contribution is 0.102. The molecule has 98 valence electrons. The number of halogens is 2. The largest absolute Gasteiger partial charge is 0.494 e. The Hall–Kier alpha value is -2.21. The summed E-state index contributed by atoms with van der Waals surface area (Å²) in [5.74, 6) is -0.763. The summed E-state index contributed by atoms with van der Waals surface area (Å²) in [4.78, 5) is 19.5. The van der Waals surface area contributed by atoms with Crippen LogP contribution in [0.2, 0.25) is 5.15 Å². The van der Waals surface area contributed by atoms with Gasteiger partial charge < -0.3 is 10.1 Å². The van der Waals surface area contributed by atoms with Crippen molar-refractivity contribution in [2.45, 2.75) is 0 Å². The van der Waals surface area contributed by atoms with Crippen LogP contribution >= 0.6 is 11.6 Å². The molecule has 0 fully saturated rings. The fourth-order valence-electron chi connectivity index (χ4n) is 1.41. The van der Waals surface area contributed by atoms with Gasteiger partial charge in [-0.15, -0.1) is 0 Å². The van der Waals surface area contributed by atoms with Gasteiger partial charge in [0, 0.05) is 6.07 Å². The number of rotatable bonds is 3. The van der Waals surface area contributed by atoms with E-state index in [4.69, 9.17) is 16.3 Å². The molecule has 1 N–H and O–H groups in total. The quantitative estimate of drug-likeness (QED) is 0.939. The van der Waals surface area contributed by atoms with Gasteiger partial charge in [0.05, 0.1) is 25.2 Å². The lowest BCUT2D eigenvalue weighted by atomic mass is 10.2. The second-order valence-electron chi connectivity index (χ2n) is 3.53. The third-order valence-electron chi connectivity index (χ3n) is 2.25. The van der Waals surface area contributed by atoms with Crippen LogP contribution in [0.3, 0.4) is 0 Å². The maximum absolute atomic E-state index is 13.0. The Morgan fingerprint density at radius 2 is 2.21 bits per heavy atom. The molecule has 0 atom stereocenters. The SMILES string of the molecule is COc1cc(F)ccc1NC(=O)c1cncc(Cl)n1. The van der Waals surface area contributed by atoms with Gasteiger partial charge >= 0.3 is 0 Å². The number of amides is 1. The molecule has 0 saturated carbocycles. The molecule has 0 aliphatic rings. The van der Waals surface area contributed by atoms with Gasteiger partial charge in [-0.3, -0.25) is 9.78 Å². The minimum atomic E-state index is -0.514. The van der Waals surface area contributed by atoms with Gasteiger partial charge in [-0.1, -0.05) is 11.6 Å². The van der Waals surface area contributed by atoms with Crippen molar-refractivity contribution < 1.29 is 13.9 Å². The van der Waals surface area contributed by atoms with Crippen LogP contribution in [0.15, 0.2) is 30.6 Å². The molecule has 5 nitrogen and oxygen atoms in total. The second-order valence-corrected chi connectivity index (χ2v) is 3.91. The standard InChI is InChI=1S/C12H9ClFN3O2/c1-19-10-4-7(14)2-3-8(10)17-12(18)9-5-15-6-11(13)16-9/h2-6H,1H3,(H,17,18). The molecule has 0 radical (unpaired) electrons. The first-order chi connectivity index (χ1) is 9.10. The molecular weight excluding hydrogens is 273 g/mol. The molecule has 19 heavy (non-hydrogen) atoms. The number of benzene rings is 1. The van der Waals surface area contributed by atoms with E-state index in [1.165, 1.54) is 37.7 Å². The summed E-state index contributed by atoms with van der Waals surface area (Å²) in [5.41, 5.74) is 0.384. The predicted molar refractivity (Wildman–Crippen MR) is 67.9 cm³/mol. The topological polar surface area (TPSA) is 64.1 Å². The summed E-state index contributed by atoms with van der Waals surface area (Å²) >= 11 is 5.64. The van der Waals surface area contributed by atoms with Crippen molar-refractivity contribution in [2.24, 2.45) is 0 Å². The number of anilines is 1. The third kappa shape index (κ3) is 3.17. The lowest BCUT2D eigenvalue weighted by Crippen LogP contribution is -2.14. The molecule has 2 aromatic rings. The molecule has 1 amide bonds. The Labute approximate surface area is 113 Å². The molecule has 0 saturated heterocycles. The van der Waals surface area contributed by atoms with Crippen LogP contribution in [0.4, 0.5) is 10.1 Å². The first-order valence-corrected chi connectivity index (χ1v) is 5.60. The van der Waals surface area contributed by atoms with Gasteiger partial charge in [-0.05, 0) is 12.1 Å². The molecule has 1 aromatic heterocycles. The van der Waals surface area contributed by atoms with Crippen molar-refractivity contribution in [1.82, 2.24) is 9.97 Å². The smallest absolute Gasteiger partial charge is 0.276 e. The number of hydrogen-bond donors (Lipinski definition) is 1. The predicted octanol–water partition coefficient (Wildman–Crippen LogP) is 2.53. The van der Waals surface area contributed by atoms with Gasteiger partial charge in [0.15, 0.2) is 0 Å². The average Bonchev–Trinajstić information content (AvgIpc) is 2.40. The number of methoxy groups -OCH3 is 1. The van der Waals surface area contributed by atoms with E-state index in [1.54, 1.807) is 0 Å². The summed E-state index contributed by atoms with van der Waals surface area (Å²) in [5, 5.41) is 2.65. The number of aromatic nitrogens is 2. The van der Waals surface area contributed by atoms with Crippen LogP contribution in [-0.2, 0) is 0 Å². The number of hydrogen-bond acceptors (Lipinski definition) is 4. The molecule has 0 spiro atoms. The molecule has 7 heteroatoms. The van der Waals surface area contributed by atoms with Gasteiger partial charge in [-0.25, -0.2) is 9.37 Å². The summed E-state index contributed by atoms with van der Waals surface area (Å²) < 4.78 is 18.0. The van der Waals surface area contributed by atoms with E-state index in [1.807, 2.05) is 0 Å². The third-order valence-corrected chi connectivity index (χ3v) is 2.43. The van der Waals surface area contributed by atoms with Crippen molar-refractivity contribution in [3.8, 4) is 5.75 Å². The Kier molecular flexibility index (Phi) is 3.91. The van der Waals surface area contributed by atoms with Crippen LogP contribution in [0.1, 0.15) is 10.5 Å². The van der Waals surface area contributed by atoms with E-state index >= 15 is 0 Å². The highest BCUT2D eigenvalue weighted by Crippen LogP contribution is 2.25. The second kappa shape index (κ2) is 5.62. The van der Waals surface area contributed by atoms with E-state index in [0.29, 0.717) is 5.69 Å². The normalized spacial score (nSPS) is 10.1. The molecule has 0 unspecified atom stereocenters. The summed E-state index contributed by atoms with van der Waals surface area (Å²) in [6.45, 7) is 0. The van der Waals surface area contributed by atoms with E-state index in [2.05, 4.69) is 15.3 Å². The Morgan fingerprint density at radius 1 is 1.42 bits per heavy atom. The van der Waals surface area contributed by atoms with Crippen molar-refractivity contribution in [2.75, 3.05) is 12.4 Å². The molecule has 1 heterocycles. The van der Waals surface area contributed by atoms with E-state index in [9.17, 15) is 9.18 Å². The van der Waals surface area contributed by atoms with E-state index < -0.39 is 11.7 Å². The van der Waals surface area contributed by atoms with Crippen LogP contribution in [-0.4, -0.2) is 23.0 Å². The first kappa shape index (κ1) is 13.2. The summed E-state index contributed by atoms with van der Waals surface area (Å²) in [6, 6.07) is 3.77. The van der Waals surface area contributed by atoms with Gasteiger partial charge in [-0.2, -0.15) is 0 Å². The number of carbonyl (C=O) groups excluding carboxylic acids is 1. The zero-order valence-corrected chi connectivity index (χ0v) is 10.6. The van der Waals surface area contributed by atoms with Crippen molar-refractivity contribution in [3.63, 3.8) is 0 Å². The highest BCUT2D eigenvalue weighted by atomic mass is 35.5. The van der Waals surface area contributed by atoms with E-state index in [-0.39, 0.29) is 16.6 Å². The highest BCUT2D eigenvalue weighted by molar-refractivity contribution is 6.29. The Balaban J connectivity index is 2.24. The number of nitrogens with zero attached hydrogens (tertiary/aromatic N) is 2. The zero-order chi connectivity index (χ0) is 13.8. The van der Waals surface area contributed by atoms with Crippen LogP contribution in [0.25, 0.3) is 0 Å². The van der Waals surface area contributed by atoms with Crippen molar-refractivity contribution in [1.29, 1.82) is 0 Å². The van der Waals surface area contributed by atoms with E-state index in [0.717, 1.165) is 0 Å². The van der Waals surface area contributed by atoms with Crippen LogP contribution in [0, 0.1) is 5.82 Å². The average molecular weight is 282 g/mol.